The minimum atomic E-state index is -1.66. The highest BCUT2D eigenvalue weighted by atomic mass is 19.1. The molecule has 1 amide bonds. The molecule has 0 saturated heterocycles. The summed E-state index contributed by atoms with van der Waals surface area (Å²) < 4.78 is 31.2. The number of hydrogen-bond donors (Lipinski definition) is 2. The van der Waals surface area contributed by atoms with Crippen molar-refractivity contribution in [3.05, 3.63) is 35.4 Å². The predicted octanol–water partition coefficient (Wildman–Crippen LogP) is 2.62. The van der Waals surface area contributed by atoms with E-state index in [4.69, 9.17) is 9.84 Å². The summed E-state index contributed by atoms with van der Waals surface area (Å²) in [5.74, 6) is -3.39. The zero-order valence-corrected chi connectivity index (χ0v) is 11.2. The first-order chi connectivity index (χ1) is 9.10. The largest absolute Gasteiger partial charge is 0.479 e. The zero-order valence-electron chi connectivity index (χ0n) is 11.2. The van der Waals surface area contributed by atoms with Crippen LogP contribution in [0.3, 0.4) is 0 Å². The number of nitrogens with one attached hydrogen (secondary N) is 1. The third-order valence-electron chi connectivity index (χ3n) is 2.18. The van der Waals surface area contributed by atoms with E-state index in [2.05, 4.69) is 0 Å². The molecule has 0 saturated carbocycles. The molecule has 0 radical (unpaired) electrons. The molecule has 0 spiro atoms. The van der Waals surface area contributed by atoms with E-state index in [0.717, 1.165) is 12.1 Å². The molecule has 1 aromatic rings. The van der Waals surface area contributed by atoms with Crippen molar-refractivity contribution in [2.45, 2.75) is 32.4 Å². The first kappa shape index (κ1) is 15.9. The Balaban J connectivity index is 2.96. The van der Waals surface area contributed by atoms with Gasteiger partial charge in [0, 0.05) is 11.6 Å². The fraction of sp³-hybridized carbons (Fsp3) is 0.385. The summed E-state index contributed by atoms with van der Waals surface area (Å²) >= 11 is 0. The van der Waals surface area contributed by atoms with E-state index in [1.165, 1.54) is 0 Å². The van der Waals surface area contributed by atoms with E-state index in [1.54, 1.807) is 20.8 Å². The summed E-state index contributed by atoms with van der Waals surface area (Å²) in [5, 5.41) is 11.1. The number of carbonyl (C=O) groups excluding carboxylic acids is 1. The third kappa shape index (κ3) is 4.49. The van der Waals surface area contributed by atoms with Crippen LogP contribution in [0.2, 0.25) is 0 Å². The third-order valence-corrected chi connectivity index (χ3v) is 2.18. The average molecular weight is 287 g/mol. The molecular weight excluding hydrogens is 272 g/mol. The second kappa shape index (κ2) is 5.85. The van der Waals surface area contributed by atoms with Crippen molar-refractivity contribution in [2.75, 3.05) is 0 Å². The van der Waals surface area contributed by atoms with Gasteiger partial charge in [-0.3, -0.25) is 0 Å². The lowest BCUT2D eigenvalue weighted by atomic mass is 10.1. The van der Waals surface area contributed by atoms with Crippen molar-refractivity contribution >= 4 is 12.1 Å². The average Bonchev–Trinajstić information content (AvgIpc) is 2.23. The van der Waals surface area contributed by atoms with Gasteiger partial charge in [-0.25, -0.2) is 18.4 Å². The number of amides is 1. The van der Waals surface area contributed by atoms with E-state index < -0.39 is 35.3 Å². The van der Waals surface area contributed by atoms with Gasteiger partial charge in [-0.15, -0.1) is 0 Å². The smallest absolute Gasteiger partial charge is 0.408 e. The van der Waals surface area contributed by atoms with Crippen molar-refractivity contribution in [3.63, 3.8) is 0 Å². The normalized spacial score (nSPS) is 12.7. The van der Waals surface area contributed by atoms with Gasteiger partial charge in [0.15, 0.2) is 6.04 Å². The molecular formula is C13H15F2NO4. The number of carboxylic acids is 1. The Labute approximate surface area is 114 Å². The lowest BCUT2D eigenvalue weighted by Gasteiger charge is -2.22. The maximum absolute atomic E-state index is 13.6. The summed E-state index contributed by atoms with van der Waals surface area (Å²) in [6, 6.07) is 0.749. The van der Waals surface area contributed by atoms with Gasteiger partial charge in [-0.2, -0.15) is 0 Å². The summed E-state index contributed by atoms with van der Waals surface area (Å²) in [7, 11) is 0. The SMILES string of the molecule is CC(C)(C)OC(=O)NC(C(=O)O)c1ccc(F)cc1F. The summed E-state index contributed by atoms with van der Waals surface area (Å²) in [4.78, 5) is 22.6. The van der Waals surface area contributed by atoms with Crippen LogP contribution in [0.5, 0.6) is 0 Å². The molecule has 2 N–H and O–H groups in total. The Hall–Kier alpha value is -2.18. The van der Waals surface area contributed by atoms with E-state index in [9.17, 15) is 18.4 Å². The number of aliphatic carboxylic acids is 1. The lowest BCUT2D eigenvalue weighted by Crippen LogP contribution is -2.38. The van der Waals surface area contributed by atoms with Crippen molar-refractivity contribution in [3.8, 4) is 0 Å². The lowest BCUT2D eigenvalue weighted by molar-refractivity contribution is -0.139. The molecule has 1 aromatic carbocycles. The maximum Gasteiger partial charge on any atom is 0.408 e. The Morgan fingerprint density at radius 1 is 1.30 bits per heavy atom. The van der Waals surface area contributed by atoms with Gasteiger partial charge in [0.25, 0.3) is 0 Å². The summed E-state index contributed by atoms with van der Waals surface area (Å²) in [5.41, 5.74) is -1.18. The number of carbonyl (C=O) groups is 2. The molecule has 110 valence electrons. The topological polar surface area (TPSA) is 75.6 Å². The van der Waals surface area contributed by atoms with Crippen LogP contribution in [-0.2, 0) is 9.53 Å². The highest BCUT2D eigenvalue weighted by Crippen LogP contribution is 2.19. The first-order valence-corrected chi connectivity index (χ1v) is 5.77. The number of rotatable bonds is 3. The van der Waals surface area contributed by atoms with E-state index in [0.29, 0.717) is 6.07 Å². The molecule has 20 heavy (non-hydrogen) atoms. The van der Waals surface area contributed by atoms with E-state index in [-0.39, 0.29) is 5.56 Å². The Bertz CT molecular complexity index is 526. The van der Waals surface area contributed by atoms with E-state index >= 15 is 0 Å². The van der Waals surface area contributed by atoms with Gasteiger partial charge < -0.3 is 15.2 Å². The predicted molar refractivity (Wildman–Crippen MR) is 66.1 cm³/mol. The first-order valence-electron chi connectivity index (χ1n) is 5.77. The van der Waals surface area contributed by atoms with Crippen LogP contribution in [0, 0.1) is 11.6 Å². The number of halogens is 2. The molecule has 0 aromatic heterocycles. The van der Waals surface area contributed by atoms with Gasteiger partial charge in [-0.1, -0.05) is 6.07 Å². The maximum atomic E-state index is 13.6. The van der Waals surface area contributed by atoms with Gasteiger partial charge in [-0.05, 0) is 26.8 Å². The minimum absolute atomic E-state index is 0.357. The van der Waals surface area contributed by atoms with Crippen molar-refractivity contribution in [1.82, 2.24) is 5.32 Å². The Morgan fingerprint density at radius 3 is 2.35 bits per heavy atom. The monoisotopic (exact) mass is 287 g/mol. The number of carboxylic acid groups (broad SMARTS) is 1. The van der Waals surface area contributed by atoms with Crippen LogP contribution < -0.4 is 5.32 Å². The molecule has 7 heteroatoms. The molecule has 1 rings (SSSR count). The fourth-order valence-electron chi connectivity index (χ4n) is 1.43. The van der Waals surface area contributed by atoms with Gasteiger partial charge in [0.1, 0.15) is 17.2 Å². The van der Waals surface area contributed by atoms with Gasteiger partial charge >= 0.3 is 12.1 Å². The molecule has 0 heterocycles. The Kier molecular flexibility index (Phi) is 4.65. The molecule has 0 aliphatic heterocycles. The van der Waals surface area contributed by atoms with Crippen LogP contribution in [-0.4, -0.2) is 22.8 Å². The molecule has 0 bridgehead atoms. The zero-order chi connectivity index (χ0) is 15.5. The molecule has 1 unspecified atom stereocenters. The number of hydrogen-bond acceptors (Lipinski definition) is 3. The minimum Gasteiger partial charge on any atom is -0.479 e. The van der Waals surface area contributed by atoms with Crippen LogP contribution in [0.1, 0.15) is 32.4 Å². The number of alkyl carbamates (subject to hydrolysis) is 1. The fourth-order valence-corrected chi connectivity index (χ4v) is 1.43. The highest BCUT2D eigenvalue weighted by molar-refractivity contribution is 5.81. The van der Waals surface area contributed by atoms with Crippen molar-refractivity contribution in [1.29, 1.82) is 0 Å². The van der Waals surface area contributed by atoms with Crippen molar-refractivity contribution < 1.29 is 28.2 Å². The van der Waals surface area contributed by atoms with Crippen LogP contribution in [0.15, 0.2) is 18.2 Å². The summed E-state index contributed by atoms with van der Waals surface area (Å²) in [6.07, 6.45) is -1.01. The van der Waals surface area contributed by atoms with Crippen LogP contribution in [0.4, 0.5) is 13.6 Å². The molecule has 5 nitrogen and oxygen atoms in total. The Morgan fingerprint density at radius 2 is 1.90 bits per heavy atom. The van der Waals surface area contributed by atoms with Gasteiger partial charge in [0.2, 0.25) is 0 Å². The molecule has 0 fully saturated rings. The highest BCUT2D eigenvalue weighted by Gasteiger charge is 2.27. The van der Waals surface area contributed by atoms with Gasteiger partial charge in [0.05, 0.1) is 0 Å². The van der Waals surface area contributed by atoms with Crippen molar-refractivity contribution in [2.24, 2.45) is 0 Å². The molecule has 1 atom stereocenters. The van der Waals surface area contributed by atoms with E-state index in [1.807, 2.05) is 5.32 Å². The quantitative estimate of drug-likeness (QED) is 0.896. The second-order valence-corrected chi connectivity index (χ2v) is 5.08. The molecule has 0 aliphatic rings. The van der Waals surface area contributed by atoms with Crippen LogP contribution >= 0.6 is 0 Å². The summed E-state index contributed by atoms with van der Waals surface area (Å²) in [6.45, 7) is 4.79. The number of benzene rings is 1. The standard InChI is InChI=1S/C13H15F2NO4/c1-13(2,3)20-12(19)16-10(11(17)18)8-5-4-7(14)6-9(8)15/h4-6,10H,1-3H3,(H,16,19)(H,17,18). The second-order valence-electron chi connectivity index (χ2n) is 5.08. The molecule has 0 aliphatic carbocycles. The van der Waals surface area contributed by atoms with Crippen LogP contribution in [0.25, 0.3) is 0 Å². The number of ether oxygens (including phenoxy) is 1.